The van der Waals surface area contributed by atoms with E-state index in [1.54, 1.807) is 14.2 Å². The molecule has 1 atom stereocenters. The van der Waals surface area contributed by atoms with Crippen LogP contribution in [-0.2, 0) is 16.6 Å². The third-order valence-electron chi connectivity index (χ3n) is 9.29. The summed E-state index contributed by atoms with van der Waals surface area (Å²) < 4.78 is 11.2. The van der Waals surface area contributed by atoms with Crippen molar-refractivity contribution in [2.24, 2.45) is 5.10 Å². The third kappa shape index (κ3) is 4.46. The number of hydrogen-bond acceptors (Lipinski definition) is 4. The molecule has 5 heteroatoms. The average molecular weight is 569 g/mol. The average Bonchev–Trinajstić information content (AvgIpc) is 3.54. The summed E-state index contributed by atoms with van der Waals surface area (Å²) in [6.45, 7) is 0. The highest BCUT2D eigenvalue weighted by Crippen LogP contribution is 2.58. The Morgan fingerprint density at radius 1 is 0.767 bits per heavy atom. The lowest BCUT2D eigenvalue weighted by Gasteiger charge is -2.33. The van der Waals surface area contributed by atoms with Crippen molar-refractivity contribution < 1.29 is 14.3 Å². The molecule has 1 saturated carbocycles. The van der Waals surface area contributed by atoms with Crippen molar-refractivity contribution in [3.8, 4) is 11.5 Å². The maximum absolute atomic E-state index is 15.3. The van der Waals surface area contributed by atoms with Crippen molar-refractivity contribution in [1.82, 2.24) is 5.01 Å². The summed E-state index contributed by atoms with van der Waals surface area (Å²) in [5, 5.41) is 7.18. The molecule has 0 N–H and O–H groups in total. The number of hydrazone groups is 1. The molecule has 5 nitrogen and oxygen atoms in total. The quantitative estimate of drug-likeness (QED) is 0.230. The molecule has 43 heavy (non-hydrogen) atoms. The molecule has 3 aliphatic rings. The Hall–Kier alpha value is -4.64. The van der Waals surface area contributed by atoms with Crippen LogP contribution in [0.5, 0.6) is 11.5 Å². The second-order valence-electron chi connectivity index (χ2n) is 11.7. The molecule has 0 saturated heterocycles. The van der Waals surface area contributed by atoms with Crippen molar-refractivity contribution in [1.29, 1.82) is 0 Å². The van der Waals surface area contributed by atoms with E-state index in [0.717, 1.165) is 81.9 Å². The Bertz CT molecular complexity index is 1700. The van der Waals surface area contributed by atoms with Gasteiger partial charge in [-0.1, -0.05) is 98.1 Å². The highest BCUT2D eigenvalue weighted by atomic mass is 16.5. The van der Waals surface area contributed by atoms with Gasteiger partial charge in [0.15, 0.2) is 0 Å². The summed E-state index contributed by atoms with van der Waals surface area (Å²) in [5.41, 5.74) is 7.04. The molecule has 2 aliphatic carbocycles. The van der Waals surface area contributed by atoms with Gasteiger partial charge in [-0.15, -0.1) is 0 Å². The molecule has 4 aromatic rings. The molecule has 7 rings (SSSR count). The van der Waals surface area contributed by atoms with Crippen molar-refractivity contribution >= 4 is 22.8 Å². The molecule has 1 fully saturated rings. The monoisotopic (exact) mass is 568 g/mol. The van der Waals surface area contributed by atoms with Crippen LogP contribution >= 0.6 is 0 Å². The van der Waals surface area contributed by atoms with Gasteiger partial charge in [-0.25, -0.2) is 5.01 Å². The Balaban J connectivity index is 1.53. The van der Waals surface area contributed by atoms with Crippen LogP contribution in [0.1, 0.15) is 59.9 Å². The van der Waals surface area contributed by atoms with Crippen molar-refractivity contribution in [2.45, 2.75) is 50.0 Å². The van der Waals surface area contributed by atoms with Crippen LogP contribution in [0.15, 0.2) is 108 Å². The zero-order chi connectivity index (χ0) is 29.4. The first kappa shape index (κ1) is 27.2. The molecule has 4 aromatic carbocycles. The number of ether oxygens (including phenoxy) is 2. The van der Waals surface area contributed by atoms with Crippen LogP contribution in [0.3, 0.4) is 0 Å². The van der Waals surface area contributed by atoms with Crippen LogP contribution < -0.4 is 9.47 Å². The van der Waals surface area contributed by atoms with Gasteiger partial charge in [-0.3, -0.25) is 4.79 Å². The summed E-state index contributed by atoms with van der Waals surface area (Å²) in [6.07, 6.45) is 5.95. The Morgan fingerprint density at radius 2 is 1.40 bits per heavy atom. The fraction of sp³-hybridized carbons (Fsp3) is 0.263. The predicted molar refractivity (Wildman–Crippen MR) is 171 cm³/mol. The Morgan fingerprint density at radius 3 is 2.05 bits per heavy atom. The lowest BCUT2D eigenvalue weighted by Crippen LogP contribution is -2.47. The van der Waals surface area contributed by atoms with Gasteiger partial charge >= 0.3 is 0 Å². The summed E-state index contributed by atoms with van der Waals surface area (Å²) in [6, 6.07) is 35.2. The smallest absolute Gasteiger partial charge is 0.263 e. The van der Waals surface area contributed by atoms with Crippen LogP contribution in [0.2, 0.25) is 0 Å². The number of rotatable bonds is 7. The van der Waals surface area contributed by atoms with E-state index in [4.69, 9.17) is 14.6 Å². The van der Waals surface area contributed by atoms with Gasteiger partial charge in [0.05, 0.1) is 26.0 Å². The maximum atomic E-state index is 15.3. The van der Waals surface area contributed by atoms with Gasteiger partial charge in [-0.05, 0) is 76.1 Å². The zero-order valence-electron chi connectivity index (χ0n) is 24.8. The third-order valence-corrected chi connectivity index (χ3v) is 9.29. The Labute approximate surface area is 253 Å². The largest absolute Gasteiger partial charge is 0.497 e. The van der Waals surface area contributed by atoms with E-state index >= 15 is 4.79 Å². The highest BCUT2D eigenvalue weighted by Gasteiger charge is 2.60. The maximum Gasteiger partial charge on any atom is 0.263 e. The van der Waals surface area contributed by atoms with Crippen LogP contribution in [0.25, 0.3) is 11.1 Å². The Kier molecular flexibility index (Phi) is 7.10. The van der Waals surface area contributed by atoms with E-state index in [9.17, 15) is 0 Å². The van der Waals surface area contributed by atoms with Gasteiger partial charge in [0.1, 0.15) is 16.9 Å². The van der Waals surface area contributed by atoms with E-state index in [2.05, 4.69) is 72.8 Å². The second kappa shape index (κ2) is 11.2. The van der Waals surface area contributed by atoms with Crippen molar-refractivity contribution in [3.05, 3.63) is 131 Å². The standard InChI is InChI=1S/C38H36N2O3/c1-42-30-20-18-26(19-21-30)24-34-38(37(41)40(39-34)29-16-10-5-11-17-29)33-23-22-31(43-2)25-32(33)35(27-12-6-3-7-13-27)36(38)28-14-8-4-9-15-28/h3-4,6-9,12-15,18-23,25,29H,5,10-11,16-17,24H2,1-2H3/t38-/m1/s1. The second-order valence-corrected chi connectivity index (χ2v) is 11.7. The number of methoxy groups -OCH3 is 2. The molecule has 1 heterocycles. The van der Waals surface area contributed by atoms with E-state index in [1.165, 1.54) is 6.42 Å². The summed E-state index contributed by atoms with van der Waals surface area (Å²) in [5.74, 6) is 1.63. The lowest BCUT2D eigenvalue weighted by atomic mass is 9.69. The molecule has 1 aliphatic heterocycles. The van der Waals surface area contributed by atoms with Crippen LogP contribution in [0, 0.1) is 0 Å². The zero-order valence-corrected chi connectivity index (χ0v) is 24.8. The number of fused-ring (bicyclic) bond motifs is 2. The first-order valence-corrected chi connectivity index (χ1v) is 15.2. The van der Waals surface area contributed by atoms with E-state index in [1.807, 2.05) is 35.3 Å². The predicted octanol–water partition coefficient (Wildman–Crippen LogP) is 7.69. The van der Waals surface area contributed by atoms with Crippen molar-refractivity contribution in [3.63, 3.8) is 0 Å². The molecule has 0 aromatic heterocycles. The molecule has 0 unspecified atom stereocenters. The number of carbonyl (C=O) groups excluding carboxylic acids is 1. The fourth-order valence-electron chi connectivity index (χ4n) is 7.26. The number of carbonyl (C=O) groups is 1. The number of nitrogens with zero attached hydrogens (tertiary/aromatic N) is 2. The topological polar surface area (TPSA) is 51.1 Å². The van der Waals surface area contributed by atoms with Crippen LogP contribution in [0.4, 0.5) is 0 Å². The molecular formula is C38H36N2O3. The number of benzene rings is 4. The molecule has 1 spiro atoms. The van der Waals surface area contributed by atoms with Crippen molar-refractivity contribution in [2.75, 3.05) is 14.2 Å². The summed E-state index contributed by atoms with van der Waals surface area (Å²) >= 11 is 0. The normalized spacial score (nSPS) is 20.0. The van der Waals surface area contributed by atoms with E-state index in [-0.39, 0.29) is 11.9 Å². The first-order valence-electron chi connectivity index (χ1n) is 15.2. The summed E-state index contributed by atoms with van der Waals surface area (Å²) in [4.78, 5) is 15.3. The first-order chi connectivity index (χ1) is 21.1. The molecule has 1 amide bonds. The van der Waals surface area contributed by atoms with Crippen LogP contribution in [-0.4, -0.2) is 36.9 Å². The van der Waals surface area contributed by atoms with E-state index < -0.39 is 5.41 Å². The molecule has 0 radical (unpaired) electrons. The van der Waals surface area contributed by atoms with Gasteiger partial charge in [0, 0.05) is 6.42 Å². The molecule has 0 bridgehead atoms. The number of hydrogen-bond donors (Lipinski definition) is 0. The minimum atomic E-state index is -1.06. The number of amides is 1. The van der Waals surface area contributed by atoms with Gasteiger partial charge in [-0.2, -0.15) is 5.10 Å². The lowest BCUT2D eigenvalue weighted by molar-refractivity contribution is -0.134. The van der Waals surface area contributed by atoms with Gasteiger partial charge in [0.2, 0.25) is 0 Å². The van der Waals surface area contributed by atoms with Gasteiger partial charge in [0.25, 0.3) is 5.91 Å². The fourth-order valence-corrected chi connectivity index (χ4v) is 7.26. The minimum absolute atomic E-state index is 0.0547. The molecule has 216 valence electrons. The van der Waals surface area contributed by atoms with E-state index in [0.29, 0.717) is 6.42 Å². The molecular weight excluding hydrogens is 532 g/mol. The minimum Gasteiger partial charge on any atom is -0.497 e. The summed E-state index contributed by atoms with van der Waals surface area (Å²) in [7, 11) is 3.37. The van der Waals surface area contributed by atoms with Gasteiger partial charge < -0.3 is 9.47 Å². The highest BCUT2D eigenvalue weighted by molar-refractivity contribution is 6.33. The SMILES string of the molecule is COc1ccc(CC2=NN(C3CCCCC3)C(=O)[C@@]23C(c2ccccc2)=C(c2ccccc2)c2cc(OC)ccc23)cc1.